The van der Waals surface area contributed by atoms with Gasteiger partial charge in [-0.2, -0.15) is 0 Å². The standard InChI is InChI=1S/C19H32N2/c1-4-9-20-19(15-21-10-7-5-6-8-11-21)18-13-16(2)12-17(3)14-18/h12-14,19-20H,4-11,15H2,1-3H3. The van der Waals surface area contributed by atoms with Gasteiger partial charge in [-0.3, -0.25) is 0 Å². The van der Waals surface area contributed by atoms with Crippen LogP contribution in [0.2, 0.25) is 0 Å². The minimum atomic E-state index is 0.474. The summed E-state index contributed by atoms with van der Waals surface area (Å²) in [6.45, 7) is 11.5. The fourth-order valence-electron chi connectivity index (χ4n) is 3.39. The van der Waals surface area contributed by atoms with Crippen molar-refractivity contribution < 1.29 is 0 Å². The van der Waals surface area contributed by atoms with Crippen molar-refractivity contribution in [2.75, 3.05) is 26.2 Å². The highest BCUT2D eigenvalue weighted by Gasteiger charge is 2.17. The Kier molecular flexibility index (Phi) is 6.72. The molecule has 21 heavy (non-hydrogen) atoms. The van der Waals surface area contributed by atoms with Crippen molar-refractivity contribution in [1.82, 2.24) is 10.2 Å². The van der Waals surface area contributed by atoms with Crippen LogP contribution in [0.5, 0.6) is 0 Å². The van der Waals surface area contributed by atoms with Crippen LogP contribution < -0.4 is 5.32 Å². The summed E-state index contributed by atoms with van der Waals surface area (Å²) >= 11 is 0. The lowest BCUT2D eigenvalue weighted by molar-refractivity contribution is 0.251. The molecule has 1 N–H and O–H groups in total. The first-order valence-electron chi connectivity index (χ1n) is 8.73. The van der Waals surface area contributed by atoms with Gasteiger partial charge in [0.1, 0.15) is 0 Å². The Balaban J connectivity index is 2.08. The Hall–Kier alpha value is -0.860. The van der Waals surface area contributed by atoms with Crippen molar-refractivity contribution >= 4 is 0 Å². The summed E-state index contributed by atoms with van der Waals surface area (Å²) in [5.74, 6) is 0. The largest absolute Gasteiger partial charge is 0.309 e. The molecule has 1 fully saturated rings. The van der Waals surface area contributed by atoms with Gasteiger partial charge in [0.2, 0.25) is 0 Å². The highest BCUT2D eigenvalue weighted by Crippen LogP contribution is 2.20. The van der Waals surface area contributed by atoms with Gasteiger partial charge in [-0.05, 0) is 58.3 Å². The lowest BCUT2D eigenvalue weighted by Crippen LogP contribution is -2.36. The van der Waals surface area contributed by atoms with Crippen molar-refractivity contribution in [2.24, 2.45) is 0 Å². The molecule has 1 aromatic carbocycles. The van der Waals surface area contributed by atoms with Gasteiger partial charge in [-0.25, -0.2) is 0 Å². The number of hydrogen-bond donors (Lipinski definition) is 1. The molecule has 1 unspecified atom stereocenters. The fourth-order valence-corrected chi connectivity index (χ4v) is 3.39. The zero-order chi connectivity index (χ0) is 15.1. The Morgan fingerprint density at radius 3 is 2.19 bits per heavy atom. The molecule has 0 radical (unpaired) electrons. The predicted molar refractivity (Wildman–Crippen MR) is 91.9 cm³/mol. The Labute approximate surface area is 130 Å². The van der Waals surface area contributed by atoms with Crippen LogP contribution in [0.4, 0.5) is 0 Å². The second-order valence-corrected chi connectivity index (χ2v) is 6.64. The SMILES string of the molecule is CCCNC(CN1CCCCCC1)c1cc(C)cc(C)c1. The van der Waals surface area contributed by atoms with Gasteiger partial charge < -0.3 is 10.2 Å². The summed E-state index contributed by atoms with van der Waals surface area (Å²) < 4.78 is 0. The van der Waals surface area contributed by atoms with Gasteiger partial charge in [0.25, 0.3) is 0 Å². The van der Waals surface area contributed by atoms with Crippen molar-refractivity contribution in [3.63, 3.8) is 0 Å². The molecule has 1 aromatic rings. The Morgan fingerprint density at radius 1 is 1.00 bits per heavy atom. The van der Waals surface area contributed by atoms with E-state index in [-0.39, 0.29) is 0 Å². The summed E-state index contributed by atoms with van der Waals surface area (Å²) in [6, 6.07) is 7.46. The highest BCUT2D eigenvalue weighted by atomic mass is 15.1. The minimum Gasteiger partial charge on any atom is -0.309 e. The maximum Gasteiger partial charge on any atom is 0.0449 e. The third-order valence-corrected chi connectivity index (χ3v) is 4.43. The Bertz CT molecular complexity index is 399. The van der Waals surface area contributed by atoms with Crippen molar-refractivity contribution in [1.29, 1.82) is 0 Å². The number of benzene rings is 1. The number of nitrogens with one attached hydrogen (secondary N) is 1. The van der Waals surface area contributed by atoms with Crippen LogP contribution in [0, 0.1) is 13.8 Å². The van der Waals surface area contributed by atoms with Gasteiger partial charge in [-0.1, -0.05) is 49.1 Å². The lowest BCUT2D eigenvalue weighted by atomic mass is 10.0. The second kappa shape index (κ2) is 8.55. The van der Waals surface area contributed by atoms with Gasteiger partial charge in [-0.15, -0.1) is 0 Å². The van der Waals surface area contributed by atoms with E-state index >= 15 is 0 Å². The molecule has 0 bridgehead atoms. The topological polar surface area (TPSA) is 15.3 Å². The summed E-state index contributed by atoms with van der Waals surface area (Å²) in [7, 11) is 0. The molecule has 118 valence electrons. The van der Waals surface area contributed by atoms with E-state index in [0.29, 0.717) is 6.04 Å². The molecule has 0 spiro atoms. The maximum absolute atomic E-state index is 3.77. The van der Waals surface area contributed by atoms with Crippen LogP contribution in [0.25, 0.3) is 0 Å². The third-order valence-electron chi connectivity index (χ3n) is 4.43. The van der Waals surface area contributed by atoms with Crippen LogP contribution in [-0.4, -0.2) is 31.1 Å². The van der Waals surface area contributed by atoms with E-state index < -0.39 is 0 Å². The van der Waals surface area contributed by atoms with Gasteiger partial charge in [0, 0.05) is 12.6 Å². The van der Waals surface area contributed by atoms with Crippen molar-refractivity contribution in [2.45, 2.75) is 58.9 Å². The molecule has 1 atom stereocenters. The lowest BCUT2D eigenvalue weighted by Gasteiger charge is -2.28. The fraction of sp³-hybridized carbons (Fsp3) is 0.684. The summed E-state index contributed by atoms with van der Waals surface area (Å²) in [5, 5.41) is 3.77. The van der Waals surface area contributed by atoms with Gasteiger partial charge >= 0.3 is 0 Å². The molecule has 1 saturated heterocycles. The molecule has 1 aliphatic heterocycles. The molecule has 0 amide bonds. The van der Waals surface area contributed by atoms with Crippen molar-refractivity contribution in [3.8, 4) is 0 Å². The van der Waals surface area contributed by atoms with E-state index in [2.05, 4.69) is 49.2 Å². The predicted octanol–water partition coefficient (Wildman–Crippen LogP) is 4.22. The van der Waals surface area contributed by atoms with E-state index in [9.17, 15) is 0 Å². The van der Waals surface area contributed by atoms with Gasteiger partial charge in [0.15, 0.2) is 0 Å². The average molecular weight is 288 g/mol. The smallest absolute Gasteiger partial charge is 0.0449 e. The van der Waals surface area contributed by atoms with Crippen LogP contribution in [0.1, 0.15) is 61.8 Å². The molecule has 1 aliphatic rings. The maximum atomic E-state index is 3.77. The molecule has 2 nitrogen and oxygen atoms in total. The summed E-state index contributed by atoms with van der Waals surface area (Å²) in [4.78, 5) is 2.66. The van der Waals surface area contributed by atoms with E-state index in [1.54, 1.807) is 0 Å². The van der Waals surface area contributed by atoms with Gasteiger partial charge in [0.05, 0.1) is 0 Å². The normalized spacial score (nSPS) is 18.4. The van der Waals surface area contributed by atoms with Crippen LogP contribution in [-0.2, 0) is 0 Å². The van der Waals surface area contributed by atoms with Crippen LogP contribution in [0.15, 0.2) is 18.2 Å². The zero-order valence-corrected chi connectivity index (χ0v) is 14.1. The van der Waals surface area contributed by atoms with Crippen molar-refractivity contribution in [3.05, 3.63) is 34.9 Å². The third kappa shape index (κ3) is 5.44. The first kappa shape index (κ1) is 16.5. The minimum absolute atomic E-state index is 0.474. The highest BCUT2D eigenvalue weighted by molar-refractivity contribution is 5.31. The monoisotopic (exact) mass is 288 g/mol. The molecular weight excluding hydrogens is 256 g/mol. The quantitative estimate of drug-likeness (QED) is 0.843. The molecule has 1 heterocycles. The summed E-state index contributed by atoms with van der Waals surface area (Å²) in [6.07, 6.45) is 6.75. The summed E-state index contributed by atoms with van der Waals surface area (Å²) in [5.41, 5.74) is 4.22. The molecular formula is C19H32N2. The molecule has 0 aliphatic carbocycles. The molecule has 2 rings (SSSR count). The first-order chi connectivity index (χ1) is 10.2. The Morgan fingerprint density at radius 2 is 1.62 bits per heavy atom. The first-order valence-corrected chi connectivity index (χ1v) is 8.73. The molecule has 0 saturated carbocycles. The second-order valence-electron chi connectivity index (χ2n) is 6.64. The zero-order valence-electron chi connectivity index (χ0n) is 14.1. The van der Waals surface area contributed by atoms with E-state index in [1.807, 2.05) is 0 Å². The number of rotatable bonds is 6. The van der Waals surface area contributed by atoms with Crippen LogP contribution >= 0.6 is 0 Å². The number of nitrogens with zero attached hydrogens (tertiary/aromatic N) is 1. The number of aryl methyl sites for hydroxylation is 2. The van der Waals surface area contributed by atoms with E-state index in [4.69, 9.17) is 0 Å². The molecule has 2 heteroatoms. The van der Waals surface area contributed by atoms with Crippen LogP contribution in [0.3, 0.4) is 0 Å². The number of hydrogen-bond acceptors (Lipinski definition) is 2. The van der Waals surface area contributed by atoms with E-state index in [1.165, 1.54) is 61.9 Å². The van der Waals surface area contributed by atoms with E-state index in [0.717, 1.165) is 13.1 Å². The molecule has 0 aromatic heterocycles. The average Bonchev–Trinajstić information content (AvgIpc) is 2.71. The number of likely N-dealkylation sites (tertiary alicyclic amines) is 1.